The van der Waals surface area contributed by atoms with Gasteiger partial charge in [-0.3, -0.25) is 9.59 Å². The molecule has 204 valence electrons. The number of ketones is 1. The summed E-state index contributed by atoms with van der Waals surface area (Å²) in [6.07, 6.45) is 4.75. The van der Waals surface area contributed by atoms with Crippen LogP contribution in [0.1, 0.15) is 69.9 Å². The van der Waals surface area contributed by atoms with Gasteiger partial charge in [0.05, 0.1) is 0 Å². The summed E-state index contributed by atoms with van der Waals surface area (Å²) >= 11 is 0. The van der Waals surface area contributed by atoms with Crippen LogP contribution in [0, 0.1) is 0 Å². The lowest BCUT2D eigenvalue weighted by atomic mass is 9.92. The van der Waals surface area contributed by atoms with Gasteiger partial charge in [0.1, 0.15) is 17.2 Å². The normalized spacial score (nSPS) is 16.6. The molecule has 2 aromatic rings. The number of Topliss-reactive ketones (excluding diaryl/α,β-unsaturated/α-hetero) is 1. The van der Waals surface area contributed by atoms with Gasteiger partial charge in [0.2, 0.25) is 5.78 Å². The highest BCUT2D eigenvalue weighted by atomic mass is 16.6. The first-order valence-corrected chi connectivity index (χ1v) is 13.3. The molecule has 0 aliphatic heterocycles. The number of ether oxygens (including phenoxy) is 1. The van der Waals surface area contributed by atoms with Crippen LogP contribution in [0.2, 0.25) is 0 Å². The van der Waals surface area contributed by atoms with Crippen LogP contribution >= 0.6 is 0 Å². The molecule has 1 aliphatic carbocycles. The number of unbranched alkanes of at least 4 members (excludes halogenated alkanes) is 1. The lowest BCUT2D eigenvalue weighted by Gasteiger charge is -2.30. The third-order valence-corrected chi connectivity index (χ3v) is 7.13. The van der Waals surface area contributed by atoms with Gasteiger partial charge < -0.3 is 20.5 Å². The van der Waals surface area contributed by atoms with Crippen molar-refractivity contribution in [1.29, 1.82) is 0 Å². The lowest BCUT2D eigenvalue weighted by Crippen LogP contribution is -2.58. The van der Waals surface area contributed by atoms with Gasteiger partial charge in [-0.25, -0.2) is 9.59 Å². The molecule has 2 amide bonds. The fourth-order valence-electron chi connectivity index (χ4n) is 5.00. The summed E-state index contributed by atoms with van der Waals surface area (Å²) in [4.78, 5) is 51.2. The molecule has 0 heterocycles. The molecule has 2 atom stereocenters. The quantitative estimate of drug-likeness (QED) is 0.331. The summed E-state index contributed by atoms with van der Waals surface area (Å²) in [7, 11) is 0. The summed E-state index contributed by atoms with van der Waals surface area (Å²) in [5.74, 6) is -3.20. The smallest absolute Gasteiger partial charge is 0.408 e. The summed E-state index contributed by atoms with van der Waals surface area (Å²) in [6, 6.07) is 17.6. The number of carboxylic acids is 1. The largest absolute Gasteiger partial charge is 0.480 e. The Labute approximate surface area is 224 Å². The van der Waals surface area contributed by atoms with E-state index in [9.17, 15) is 24.3 Å². The van der Waals surface area contributed by atoms with Gasteiger partial charge >= 0.3 is 12.1 Å². The first-order valence-electron chi connectivity index (χ1n) is 13.3. The number of nitrogens with one attached hydrogen (secondary N) is 2. The molecule has 1 aliphatic rings. The Morgan fingerprint density at radius 3 is 2.11 bits per heavy atom. The van der Waals surface area contributed by atoms with Gasteiger partial charge in [-0.1, -0.05) is 80.4 Å². The van der Waals surface area contributed by atoms with Crippen LogP contribution in [0.25, 0.3) is 0 Å². The van der Waals surface area contributed by atoms with Crippen molar-refractivity contribution in [3.63, 3.8) is 0 Å². The monoisotopic (exact) mass is 522 g/mol. The minimum absolute atomic E-state index is 0.000698. The number of rotatable bonds is 13. The summed E-state index contributed by atoms with van der Waals surface area (Å²) in [5, 5.41) is 14.9. The van der Waals surface area contributed by atoms with E-state index in [0.29, 0.717) is 18.4 Å². The molecular formula is C30H38N2O6. The van der Waals surface area contributed by atoms with Gasteiger partial charge in [-0.05, 0) is 50.2 Å². The minimum atomic E-state index is -1.70. The molecule has 3 rings (SSSR count). The second-order valence-electron chi connectivity index (χ2n) is 10.4. The number of alkyl carbamates (subject to hydrolysis) is 1. The number of carboxylic acid groups (broad SMARTS) is 1. The molecule has 8 heteroatoms. The maximum atomic E-state index is 13.2. The molecular weight excluding hydrogens is 484 g/mol. The zero-order chi connectivity index (χ0) is 27.6. The van der Waals surface area contributed by atoms with Crippen molar-refractivity contribution in [2.45, 2.75) is 88.8 Å². The van der Waals surface area contributed by atoms with Crippen LogP contribution < -0.4 is 10.6 Å². The fourth-order valence-corrected chi connectivity index (χ4v) is 5.00. The number of aliphatic carboxylic acids is 1. The van der Waals surface area contributed by atoms with Gasteiger partial charge in [0, 0.05) is 12.8 Å². The average Bonchev–Trinajstić information content (AvgIpc) is 3.34. The highest BCUT2D eigenvalue weighted by Crippen LogP contribution is 2.36. The standard InChI is InChI=1S/C30H38N2O6/c1-3-4-17-24(25(33)26(34)32-29(2,27(35)36)20-22-13-7-5-8-14-22)31-28(37)38-30(18-11-12-19-30)21-23-15-9-6-10-16-23/h5-10,13-16,24H,3-4,11-12,17-21H2,1-2H3,(H,31,37)(H,32,34)(H,35,36)/t24-,29-/m0/s1. The summed E-state index contributed by atoms with van der Waals surface area (Å²) in [5.41, 5.74) is -0.599. The van der Waals surface area contributed by atoms with Gasteiger partial charge in [0.25, 0.3) is 5.91 Å². The number of hydrogen-bond acceptors (Lipinski definition) is 5. The fraction of sp³-hybridized carbons (Fsp3) is 0.467. The molecule has 0 spiro atoms. The van der Waals surface area contributed by atoms with E-state index in [4.69, 9.17) is 4.74 Å². The molecule has 0 radical (unpaired) electrons. The Morgan fingerprint density at radius 1 is 0.974 bits per heavy atom. The van der Waals surface area contributed by atoms with Crippen LogP contribution in [0.4, 0.5) is 4.79 Å². The van der Waals surface area contributed by atoms with E-state index in [0.717, 1.165) is 37.7 Å². The molecule has 2 aromatic carbocycles. The first-order chi connectivity index (χ1) is 18.2. The number of benzene rings is 2. The van der Waals surface area contributed by atoms with E-state index in [2.05, 4.69) is 10.6 Å². The maximum Gasteiger partial charge on any atom is 0.408 e. The van der Waals surface area contributed by atoms with Crippen LogP contribution in [-0.2, 0) is 32.0 Å². The third kappa shape index (κ3) is 7.91. The highest BCUT2D eigenvalue weighted by Gasteiger charge is 2.41. The molecule has 1 saturated carbocycles. The lowest BCUT2D eigenvalue weighted by molar-refractivity contribution is -0.149. The van der Waals surface area contributed by atoms with Crippen LogP contribution in [0.3, 0.4) is 0 Å². The Morgan fingerprint density at radius 2 is 1.55 bits per heavy atom. The van der Waals surface area contributed by atoms with E-state index >= 15 is 0 Å². The van der Waals surface area contributed by atoms with Crippen molar-refractivity contribution >= 4 is 23.8 Å². The Hall–Kier alpha value is -3.68. The second kappa shape index (κ2) is 13.2. The van der Waals surface area contributed by atoms with Crippen molar-refractivity contribution in [1.82, 2.24) is 10.6 Å². The first kappa shape index (κ1) is 28.9. The topological polar surface area (TPSA) is 122 Å². The van der Waals surface area contributed by atoms with Crippen molar-refractivity contribution < 1.29 is 29.0 Å². The SMILES string of the molecule is CCCC[C@H](NC(=O)OC1(Cc2ccccc2)CCCC1)C(=O)C(=O)N[C@@](C)(Cc1ccccc1)C(=O)O. The average molecular weight is 523 g/mol. The highest BCUT2D eigenvalue weighted by molar-refractivity contribution is 6.38. The van der Waals surface area contributed by atoms with E-state index in [1.165, 1.54) is 6.92 Å². The van der Waals surface area contributed by atoms with E-state index in [-0.39, 0.29) is 12.8 Å². The van der Waals surface area contributed by atoms with Crippen molar-refractivity contribution in [2.75, 3.05) is 0 Å². The zero-order valence-corrected chi connectivity index (χ0v) is 22.2. The van der Waals surface area contributed by atoms with E-state index in [1.807, 2.05) is 43.3 Å². The molecule has 38 heavy (non-hydrogen) atoms. The Balaban J connectivity index is 1.69. The van der Waals surface area contributed by atoms with Crippen molar-refractivity contribution in [3.05, 3.63) is 71.8 Å². The summed E-state index contributed by atoms with van der Waals surface area (Å²) < 4.78 is 5.93. The summed E-state index contributed by atoms with van der Waals surface area (Å²) in [6.45, 7) is 3.30. The van der Waals surface area contributed by atoms with Crippen LogP contribution in [-0.4, -0.2) is 46.0 Å². The molecule has 3 N–H and O–H groups in total. The molecule has 8 nitrogen and oxygen atoms in total. The molecule has 0 unspecified atom stereocenters. The molecule has 0 saturated heterocycles. The predicted octanol–water partition coefficient (Wildman–Crippen LogP) is 4.60. The predicted molar refractivity (Wildman–Crippen MR) is 144 cm³/mol. The number of carbonyl (C=O) groups excluding carboxylic acids is 3. The van der Waals surface area contributed by atoms with E-state index in [1.54, 1.807) is 24.3 Å². The van der Waals surface area contributed by atoms with Crippen LogP contribution in [0.15, 0.2) is 60.7 Å². The second-order valence-corrected chi connectivity index (χ2v) is 10.4. The van der Waals surface area contributed by atoms with E-state index < -0.39 is 40.9 Å². The minimum Gasteiger partial charge on any atom is -0.480 e. The van der Waals surface area contributed by atoms with Crippen molar-refractivity contribution in [2.24, 2.45) is 0 Å². The molecule has 0 bridgehead atoms. The molecule has 1 fully saturated rings. The van der Waals surface area contributed by atoms with Crippen LogP contribution in [0.5, 0.6) is 0 Å². The molecule has 0 aromatic heterocycles. The number of hydrogen-bond donors (Lipinski definition) is 3. The maximum absolute atomic E-state index is 13.2. The van der Waals surface area contributed by atoms with Gasteiger partial charge in [-0.2, -0.15) is 0 Å². The van der Waals surface area contributed by atoms with Crippen molar-refractivity contribution in [3.8, 4) is 0 Å². The Bertz CT molecular complexity index is 1100. The Kier molecular flexibility index (Phi) is 10.0. The third-order valence-electron chi connectivity index (χ3n) is 7.13. The number of amides is 2. The van der Waals surface area contributed by atoms with Gasteiger partial charge in [-0.15, -0.1) is 0 Å². The van der Waals surface area contributed by atoms with Gasteiger partial charge in [0.15, 0.2) is 0 Å². The number of carbonyl (C=O) groups is 4. The zero-order valence-electron chi connectivity index (χ0n) is 22.2.